The first-order valence-corrected chi connectivity index (χ1v) is 8.56. The summed E-state index contributed by atoms with van der Waals surface area (Å²) in [6.07, 6.45) is -5.96. The Bertz CT molecular complexity index is 899. The Hall–Kier alpha value is -2.39. The number of amides is 1. The fourth-order valence-corrected chi connectivity index (χ4v) is 3.07. The third-order valence-electron chi connectivity index (χ3n) is 4.13. The highest BCUT2D eigenvalue weighted by molar-refractivity contribution is 9.10. The van der Waals surface area contributed by atoms with Gasteiger partial charge in [-0.05, 0) is 48.0 Å². The van der Waals surface area contributed by atoms with Gasteiger partial charge < -0.3 is 9.84 Å². The van der Waals surface area contributed by atoms with Gasteiger partial charge in [0, 0.05) is 10.0 Å². The Morgan fingerprint density at radius 3 is 2.48 bits per heavy atom. The van der Waals surface area contributed by atoms with Gasteiger partial charge in [0.2, 0.25) is 0 Å². The summed E-state index contributed by atoms with van der Waals surface area (Å²) in [7, 11) is 1.46. The molecule has 0 aliphatic carbocycles. The molecule has 2 aromatic carbocycles. The third kappa shape index (κ3) is 3.57. The Labute approximate surface area is 161 Å². The Morgan fingerprint density at radius 2 is 1.93 bits per heavy atom. The molecular formula is C18H14BrF3N2O3. The van der Waals surface area contributed by atoms with Crippen molar-refractivity contribution in [3.8, 4) is 5.75 Å². The number of ether oxygens (including phenoxy) is 1. The Morgan fingerprint density at radius 1 is 1.26 bits per heavy atom. The van der Waals surface area contributed by atoms with Crippen LogP contribution in [0.1, 0.15) is 22.3 Å². The summed E-state index contributed by atoms with van der Waals surface area (Å²) >= 11 is 3.17. The lowest BCUT2D eigenvalue weighted by molar-refractivity contribution is -0.297. The fraction of sp³-hybridized carbons (Fsp3) is 0.222. The molecule has 1 heterocycles. The summed E-state index contributed by atoms with van der Waals surface area (Å²) in [5.74, 6) is -0.537. The molecular weight excluding hydrogens is 429 g/mol. The van der Waals surface area contributed by atoms with Crippen molar-refractivity contribution >= 4 is 27.5 Å². The molecule has 0 spiro atoms. The maximum absolute atomic E-state index is 13.6. The topological polar surface area (TPSA) is 62.1 Å². The average Bonchev–Trinajstić information content (AvgIpc) is 3.00. The minimum absolute atomic E-state index is 0.0354. The Kier molecular flexibility index (Phi) is 5.00. The summed E-state index contributed by atoms with van der Waals surface area (Å²) in [5.41, 5.74) is -3.17. The van der Waals surface area contributed by atoms with E-state index in [1.54, 1.807) is 18.2 Å². The van der Waals surface area contributed by atoms with Gasteiger partial charge in [-0.15, -0.1) is 0 Å². The molecule has 27 heavy (non-hydrogen) atoms. The minimum atomic E-state index is -5.09. The second-order valence-electron chi connectivity index (χ2n) is 5.89. The normalized spacial score (nSPS) is 19.8. The molecule has 0 bridgehead atoms. The standard InChI is InChI=1S/C18H14BrF3N2O3/c1-27-14-7-5-11(6-8-14)15-10-17(26,18(20,21)22)24(23-15)16(25)12-3-2-4-13(19)9-12/h2-9,26H,10H2,1H3/t17-/m1/s1. The molecule has 1 amide bonds. The second kappa shape index (κ2) is 6.97. The quantitative estimate of drug-likeness (QED) is 0.782. The van der Waals surface area contributed by atoms with Crippen LogP contribution in [0.2, 0.25) is 0 Å². The summed E-state index contributed by atoms with van der Waals surface area (Å²) in [6, 6.07) is 12.0. The lowest BCUT2D eigenvalue weighted by Gasteiger charge is -2.32. The van der Waals surface area contributed by atoms with E-state index in [1.165, 1.54) is 37.4 Å². The molecule has 0 fully saturated rings. The molecule has 142 valence electrons. The zero-order chi connectivity index (χ0) is 19.8. The van der Waals surface area contributed by atoms with Gasteiger partial charge in [-0.1, -0.05) is 22.0 Å². The van der Waals surface area contributed by atoms with Crippen molar-refractivity contribution in [1.82, 2.24) is 5.01 Å². The molecule has 2 aromatic rings. The number of benzene rings is 2. The monoisotopic (exact) mass is 442 g/mol. The largest absolute Gasteiger partial charge is 0.497 e. The number of hydrazone groups is 1. The van der Waals surface area contributed by atoms with Crippen LogP contribution in [0.25, 0.3) is 0 Å². The number of carbonyl (C=O) groups excluding carboxylic acids is 1. The summed E-state index contributed by atoms with van der Waals surface area (Å²) in [6.45, 7) is 0. The van der Waals surface area contributed by atoms with Crippen molar-refractivity contribution in [3.05, 3.63) is 64.1 Å². The van der Waals surface area contributed by atoms with Gasteiger partial charge in [0.05, 0.1) is 19.2 Å². The molecule has 1 N–H and O–H groups in total. The number of hydrogen-bond donors (Lipinski definition) is 1. The van der Waals surface area contributed by atoms with E-state index in [0.29, 0.717) is 15.8 Å². The first kappa shape index (κ1) is 19.4. The second-order valence-corrected chi connectivity index (χ2v) is 6.81. The maximum Gasteiger partial charge on any atom is 0.438 e. The first-order valence-electron chi connectivity index (χ1n) is 7.77. The van der Waals surface area contributed by atoms with E-state index < -0.39 is 24.2 Å². The number of rotatable bonds is 3. The smallest absolute Gasteiger partial charge is 0.438 e. The highest BCUT2D eigenvalue weighted by atomic mass is 79.9. The van der Waals surface area contributed by atoms with Crippen LogP contribution in [-0.4, -0.2) is 40.7 Å². The van der Waals surface area contributed by atoms with Gasteiger partial charge in [-0.3, -0.25) is 4.79 Å². The van der Waals surface area contributed by atoms with Crippen molar-refractivity contribution < 1.29 is 27.8 Å². The number of halogens is 4. The van der Waals surface area contributed by atoms with Gasteiger partial charge in [0.1, 0.15) is 5.75 Å². The summed E-state index contributed by atoms with van der Waals surface area (Å²) < 4.78 is 46.4. The van der Waals surface area contributed by atoms with E-state index in [9.17, 15) is 23.1 Å². The van der Waals surface area contributed by atoms with Crippen LogP contribution < -0.4 is 4.74 Å². The number of aliphatic hydroxyl groups is 1. The summed E-state index contributed by atoms with van der Waals surface area (Å²) in [4.78, 5) is 12.7. The van der Waals surface area contributed by atoms with Crippen LogP contribution in [0.3, 0.4) is 0 Å². The number of hydrogen-bond acceptors (Lipinski definition) is 4. The maximum atomic E-state index is 13.6. The van der Waals surface area contributed by atoms with E-state index in [0.717, 1.165) is 0 Å². The molecule has 0 saturated carbocycles. The molecule has 1 aliphatic heterocycles. The van der Waals surface area contributed by atoms with Crippen LogP contribution in [0.15, 0.2) is 58.1 Å². The molecule has 9 heteroatoms. The zero-order valence-corrected chi connectivity index (χ0v) is 15.6. The third-order valence-corrected chi connectivity index (χ3v) is 4.62. The lowest BCUT2D eigenvalue weighted by Crippen LogP contribution is -2.56. The average molecular weight is 443 g/mol. The first-order chi connectivity index (χ1) is 12.7. The Balaban J connectivity index is 2.03. The van der Waals surface area contributed by atoms with Gasteiger partial charge in [0.15, 0.2) is 0 Å². The van der Waals surface area contributed by atoms with Crippen LogP contribution >= 0.6 is 15.9 Å². The van der Waals surface area contributed by atoms with E-state index in [1.807, 2.05) is 0 Å². The van der Waals surface area contributed by atoms with Crippen molar-refractivity contribution in [2.45, 2.75) is 18.3 Å². The van der Waals surface area contributed by atoms with Gasteiger partial charge in [-0.25, -0.2) is 0 Å². The van der Waals surface area contributed by atoms with Crippen molar-refractivity contribution in [2.75, 3.05) is 7.11 Å². The van der Waals surface area contributed by atoms with Crippen LogP contribution in [0, 0.1) is 0 Å². The highest BCUT2D eigenvalue weighted by Crippen LogP contribution is 2.42. The van der Waals surface area contributed by atoms with Gasteiger partial charge in [-0.2, -0.15) is 23.3 Å². The molecule has 0 aromatic heterocycles. The van der Waals surface area contributed by atoms with Crippen LogP contribution in [0.4, 0.5) is 13.2 Å². The molecule has 1 aliphatic rings. The minimum Gasteiger partial charge on any atom is -0.497 e. The predicted molar refractivity (Wildman–Crippen MR) is 95.5 cm³/mol. The number of methoxy groups -OCH3 is 1. The molecule has 5 nitrogen and oxygen atoms in total. The van der Waals surface area contributed by atoms with E-state index in [4.69, 9.17) is 4.74 Å². The van der Waals surface area contributed by atoms with E-state index >= 15 is 0 Å². The SMILES string of the molecule is COc1ccc(C2=NN(C(=O)c3cccc(Br)c3)[C@](O)(C(F)(F)F)C2)cc1. The molecule has 0 unspecified atom stereocenters. The number of nitrogens with zero attached hydrogens (tertiary/aromatic N) is 2. The van der Waals surface area contributed by atoms with E-state index in [-0.39, 0.29) is 16.3 Å². The van der Waals surface area contributed by atoms with Crippen LogP contribution in [-0.2, 0) is 0 Å². The molecule has 0 saturated heterocycles. The lowest BCUT2D eigenvalue weighted by atomic mass is 10.0. The predicted octanol–water partition coefficient (Wildman–Crippen LogP) is 3.96. The van der Waals surface area contributed by atoms with E-state index in [2.05, 4.69) is 21.0 Å². The zero-order valence-electron chi connectivity index (χ0n) is 14.0. The number of alkyl halides is 3. The van der Waals surface area contributed by atoms with Gasteiger partial charge >= 0.3 is 6.18 Å². The highest BCUT2D eigenvalue weighted by Gasteiger charge is 2.63. The van der Waals surface area contributed by atoms with Crippen molar-refractivity contribution in [1.29, 1.82) is 0 Å². The molecule has 3 rings (SSSR count). The summed E-state index contributed by atoms with van der Waals surface area (Å²) in [5, 5.41) is 14.3. The molecule has 0 radical (unpaired) electrons. The van der Waals surface area contributed by atoms with Gasteiger partial charge in [0.25, 0.3) is 11.6 Å². The molecule has 1 atom stereocenters. The number of carbonyl (C=O) groups is 1. The van der Waals surface area contributed by atoms with Crippen molar-refractivity contribution in [3.63, 3.8) is 0 Å². The van der Waals surface area contributed by atoms with Crippen molar-refractivity contribution in [2.24, 2.45) is 5.10 Å². The fourth-order valence-electron chi connectivity index (χ4n) is 2.67. The van der Waals surface area contributed by atoms with Crippen LogP contribution in [0.5, 0.6) is 5.75 Å².